The van der Waals surface area contributed by atoms with Crippen LogP contribution in [0.2, 0.25) is 0 Å². The SMILES string of the molecule is CCOC(=O)c1cc(C)cn1-c1ncc(Br)cc1[N+](=O)[O-]. The van der Waals surface area contributed by atoms with Crippen molar-refractivity contribution in [2.24, 2.45) is 0 Å². The molecule has 0 amide bonds. The van der Waals surface area contributed by atoms with E-state index >= 15 is 0 Å². The molecule has 2 aromatic rings. The van der Waals surface area contributed by atoms with Gasteiger partial charge in [-0.3, -0.25) is 14.7 Å². The van der Waals surface area contributed by atoms with Crippen LogP contribution in [-0.2, 0) is 4.74 Å². The monoisotopic (exact) mass is 353 g/mol. The van der Waals surface area contributed by atoms with E-state index in [2.05, 4.69) is 20.9 Å². The maximum Gasteiger partial charge on any atom is 0.355 e. The fourth-order valence-corrected chi connectivity index (χ4v) is 2.19. The molecule has 21 heavy (non-hydrogen) atoms. The van der Waals surface area contributed by atoms with Crippen molar-refractivity contribution in [3.63, 3.8) is 0 Å². The summed E-state index contributed by atoms with van der Waals surface area (Å²) < 4.78 is 6.82. The maximum absolute atomic E-state index is 12.0. The van der Waals surface area contributed by atoms with Crippen LogP contribution in [0, 0.1) is 17.0 Å². The molecule has 0 atom stereocenters. The first-order chi connectivity index (χ1) is 9.93. The Morgan fingerprint density at radius 3 is 2.86 bits per heavy atom. The summed E-state index contributed by atoms with van der Waals surface area (Å²) in [4.78, 5) is 26.6. The molecule has 2 aromatic heterocycles. The zero-order chi connectivity index (χ0) is 15.6. The minimum Gasteiger partial charge on any atom is -0.461 e. The standard InChI is InChI=1S/C13H12BrN3O4/c1-3-21-13(18)11-4-8(2)7-16(11)12-10(17(19)20)5-9(14)6-15-12/h4-7H,3H2,1-2H3. The van der Waals surface area contributed by atoms with Crippen molar-refractivity contribution < 1.29 is 14.5 Å². The van der Waals surface area contributed by atoms with Gasteiger partial charge >= 0.3 is 11.7 Å². The number of carbonyl (C=O) groups is 1. The predicted octanol–water partition coefficient (Wildman–Crippen LogP) is 3.03. The molecular weight excluding hydrogens is 342 g/mol. The van der Waals surface area contributed by atoms with E-state index in [0.29, 0.717) is 4.47 Å². The zero-order valence-corrected chi connectivity index (χ0v) is 13.0. The quantitative estimate of drug-likeness (QED) is 0.478. The van der Waals surface area contributed by atoms with Gasteiger partial charge in [-0.2, -0.15) is 0 Å². The average Bonchev–Trinajstić information content (AvgIpc) is 2.81. The van der Waals surface area contributed by atoms with Crippen molar-refractivity contribution in [2.75, 3.05) is 6.61 Å². The van der Waals surface area contributed by atoms with Gasteiger partial charge in [0.2, 0.25) is 5.82 Å². The largest absolute Gasteiger partial charge is 0.461 e. The van der Waals surface area contributed by atoms with Gasteiger partial charge in [-0.25, -0.2) is 9.78 Å². The molecule has 0 unspecified atom stereocenters. The predicted molar refractivity (Wildman–Crippen MR) is 78.6 cm³/mol. The van der Waals surface area contributed by atoms with Gasteiger partial charge in [0.1, 0.15) is 5.69 Å². The number of nitrogens with zero attached hydrogens (tertiary/aromatic N) is 3. The summed E-state index contributed by atoms with van der Waals surface area (Å²) in [5, 5.41) is 11.2. The number of halogens is 1. The molecule has 0 saturated carbocycles. The van der Waals surface area contributed by atoms with Crippen LogP contribution < -0.4 is 0 Å². The Bertz CT molecular complexity index is 711. The van der Waals surface area contributed by atoms with E-state index < -0.39 is 10.9 Å². The van der Waals surface area contributed by atoms with Crippen molar-refractivity contribution in [3.8, 4) is 5.82 Å². The van der Waals surface area contributed by atoms with Gasteiger partial charge in [0.05, 0.1) is 11.5 Å². The molecule has 0 spiro atoms. The van der Waals surface area contributed by atoms with Gasteiger partial charge in [0, 0.05) is 22.9 Å². The van der Waals surface area contributed by atoms with Gasteiger partial charge in [0.25, 0.3) is 0 Å². The number of pyridine rings is 1. The van der Waals surface area contributed by atoms with Crippen LogP contribution in [-0.4, -0.2) is 27.1 Å². The van der Waals surface area contributed by atoms with Gasteiger partial charge in [-0.05, 0) is 41.4 Å². The summed E-state index contributed by atoms with van der Waals surface area (Å²) in [6.07, 6.45) is 3.04. The van der Waals surface area contributed by atoms with Crippen molar-refractivity contribution in [1.82, 2.24) is 9.55 Å². The van der Waals surface area contributed by atoms with E-state index in [1.54, 1.807) is 26.1 Å². The molecule has 110 valence electrons. The Balaban J connectivity index is 2.62. The number of hydrogen-bond acceptors (Lipinski definition) is 5. The van der Waals surface area contributed by atoms with Crippen LogP contribution in [0.4, 0.5) is 5.69 Å². The number of carbonyl (C=O) groups excluding carboxylic acids is 1. The van der Waals surface area contributed by atoms with E-state index in [1.807, 2.05) is 0 Å². The molecule has 7 nitrogen and oxygen atoms in total. The highest BCUT2D eigenvalue weighted by molar-refractivity contribution is 9.10. The number of aryl methyl sites for hydroxylation is 1. The second-order valence-corrected chi connectivity index (χ2v) is 5.16. The lowest BCUT2D eigenvalue weighted by molar-refractivity contribution is -0.384. The summed E-state index contributed by atoms with van der Waals surface area (Å²) in [5.41, 5.74) is 0.773. The highest BCUT2D eigenvalue weighted by Crippen LogP contribution is 2.26. The summed E-state index contributed by atoms with van der Waals surface area (Å²) in [6, 6.07) is 2.94. The fourth-order valence-electron chi connectivity index (χ4n) is 1.87. The first-order valence-corrected chi connectivity index (χ1v) is 6.89. The van der Waals surface area contributed by atoms with E-state index in [1.165, 1.54) is 16.8 Å². The first kappa shape index (κ1) is 15.2. The molecular formula is C13H12BrN3O4. The molecule has 0 aliphatic rings. The van der Waals surface area contributed by atoms with Crippen molar-refractivity contribution in [3.05, 3.63) is 50.4 Å². The molecule has 2 heterocycles. The van der Waals surface area contributed by atoms with E-state index in [-0.39, 0.29) is 23.8 Å². The Hall–Kier alpha value is -2.22. The molecule has 0 N–H and O–H groups in total. The second kappa shape index (κ2) is 6.04. The summed E-state index contributed by atoms with van der Waals surface area (Å²) in [7, 11) is 0. The lowest BCUT2D eigenvalue weighted by atomic mass is 10.3. The van der Waals surface area contributed by atoms with Crippen LogP contribution >= 0.6 is 15.9 Å². The minimum absolute atomic E-state index is 0.0688. The number of aromatic nitrogens is 2. The molecule has 0 saturated heterocycles. The van der Waals surface area contributed by atoms with E-state index in [4.69, 9.17) is 4.74 Å². The first-order valence-electron chi connectivity index (χ1n) is 6.10. The molecule has 0 bridgehead atoms. The van der Waals surface area contributed by atoms with Crippen molar-refractivity contribution >= 4 is 27.6 Å². The average molecular weight is 354 g/mol. The molecule has 0 fully saturated rings. The third kappa shape index (κ3) is 3.10. The topological polar surface area (TPSA) is 87.3 Å². The highest BCUT2D eigenvalue weighted by atomic mass is 79.9. The molecule has 0 aliphatic heterocycles. The Labute approximate surface area is 128 Å². The molecule has 0 radical (unpaired) electrons. The van der Waals surface area contributed by atoms with Crippen molar-refractivity contribution in [2.45, 2.75) is 13.8 Å². The summed E-state index contributed by atoms with van der Waals surface area (Å²) in [5.74, 6) is -0.482. The Morgan fingerprint density at radius 2 is 2.24 bits per heavy atom. The van der Waals surface area contributed by atoms with Gasteiger partial charge in [-0.1, -0.05) is 0 Å². The highest BCUT2D eigenvalue weighted by Gasteiger charge is 2.23. The normalized spacial score (nSPS) is 10.4. The minimum atomic E-state index is -0.551. The second-order valence-electron chi connectivity index (χ2n) is 4.25. The van der Waals surface area contributed by atoms with Crippen LogP contribution in [0.1, 0.15) is 23.0 Å². The molecule has 0 aromatic carbocycles. The van der Waals surface area contributed by atoms with Crippen LogP contribution in [0.3, 0.4) is 0 Å². The van der Waals surface area contributed by atoms with Crippen molar-refractivity contribution in [1.29, 1.82) is 0 Å². The Kier molecular flexibility index (Phi) is 4.37. The molecule has 2 rings (SSSR count). The Morgan fingerprint density at radius 1 is 1.52 bits per heavy atom. The van der Waals surface area contributed by atoms with E-state index in [9.17, 15) is 14.9 Å². The number of rotatable bonds is 4. The third-order valence-electron chi connectivity index (χ3n) is 2.68. The summed E-state index contributed by atoms with van der Waals surface area (Å²) in [6.45, 7) is 3.70. The number of ether oxygens (including phenoxy) is 1. The van der Waals surface area contributed by atoms with Crippen LogP contribution in [0.15, 0.2) is 29.0 Å². The van der Waals surface area contributed by atoms with Gasteiger partial charge in [0.15, 0.2) is 0 Å². The molecule has 0 aliphatic carbocycles. The van der Waals surface area contributed by atoms with Gasteiger partial charge in [-0.15, -0.1) is 0 Å². The fraction of sp³-hybridized carbons (Fsp3) is 0.231. The lowest BCUT2D eigenvalue weighted by Gasteiger charge is -2.08. The number of hydrogen-bond donors (Lipinski definition) is 0. The van der Waals surface area contributed by atoms with Crippen LogP contribution in [0.25, 0.3) is 5.82 Å². The molecule has 8 heteroatoms. The van der Waals surface area contributed by atoms with E-state index in [0.717, 1.165) is 5.56 Å². The lowest BCUT2D eigenvalue weighted by Crippen LogP contribution is -2.12. The van der Waals surface area contributed by atoms with Gasteiger partial charge < -0.3 is 4.74 Å². The number of esters is 1. The maximum atomic E-state index is 12.0. The zero-order valence-electron chi connectivity index (χ0n) is 11.4. The van der Waals surface area contributed by atoms with Crippen LogP contribution in [0.5, 0.6) is 0 Å². The number of nitro groups is 1. The summed E-state index contributed by atoms with van der Waals surface area (Å²) >= 11 is 3.15. The smallest absolute Gasteiger partial charge is 0.355 e. The third-order valence-corrected chi connectivity index (χ3v) is 3.11.